The minimum Gasteiger partial charge on any atom is -0.452 e. The largest absolute Gasteiger partial charge is 0.452 e. The second-order valence-electron chi connectivity index (χ2n) is 7.26. The van der Waals surface area contributed by atoms with Crippen molar-refractivity contribution in [3.05, 3.63) is 120 Å². The maximum atomic E-state index is 12.7. The Morgan fingerprint density at radius 2 is 1.33 bits per heavy atom. The molecule has 0 aliphatic rings. The Kier molecular flexibility index (Phi) is 9.39. The monoisotopic (exact) mass is 445 g/mol. The number of carbonyl (C=O) groups excluding carboxylic acids is 1. The van der Waals surface area contributed by atoms with Gasteiger partial charge < -0.3 is 19.4 Å². The number of rotatable bonds is 12. The van der Waals surface area contributed by atoms with E-state index in [-0.39, 0.29) is 13.2 Å². The molecule has 0 saturated carbocycles. The highest BCUT2D eigenvalue weighted by Crippen LogP contribution is 2.18. The van der Waals surface area contributed by atoms with Crippen LogP contribution in [-0.2, 0) is 27.4 Å². The number of hydrogen-bond acceptors (Lipinski definition) is 6. The molecule has 3 rings (SSSR count). The first kappa shape index (κ1) is 23.9. The average Bonchev–Trinajstić information content (AvgIpc) is 2.88. The highest BCUT2D eigenvalue weighted by atomic mass is 16.6. The zero-order chi connectivity index (χ0) is 23.3. The summed E-state index contributed by atoms with van der Waals surface area (Å²) in [5, 5.41) is 12.5. The van der Waals surface area contributed by atoms with Crippen molar-refractivity contribution in [1.82, 2.24) is 0 Å². The van der Waals surface area contributed by atoms with Gasteiger partial charge in [-0.1, -0.05) is 90.6 Å². The van der Waals surface area contributed by atoms with Gasteiger partial charge in [0.2, 0.25) is 0 Å². The summed E-state index contributed by atoms with van der Waals surface area (Å²) < 4.78 is 17.9. The van der Waals surface area contributed by atoms with Crippen molar-refractivity contribution in [3.8, 4) is 0 Å². The van der Waals surface area contributed by atoms with E-state index in [2.05, 4.69) is 11.7 Å². The molecule has 170 valence electrons. The Bertz CT molecular complexity index is 1010. The number of carbonyl (C=O) groups is 1. The van der Waals surface area contributed by atoms with Crippen LogP contribution in [-0.4, -0.2) is 35.7 Å². The topological polar surface area (TPSA) is 77.4 Å². The molecule has 33 heavy (non-hydrogen) atoms. The van der Waals surface area contributed by atoms with Gasteiger partial charge in [-0.05, 0) is 29.3 Å². The highest BCUT2D eigenvalue weighted by molar-refractivity contribution is 5.89. The van der Waals surface area contributed by atoms with Crippen LogP contribution in [0, 0.1) is 0 Å². The van der Waals surface area contributed by atoms with Crippen molar-refractivity contribution in [1.29, 1.82) is 0 Å². The van der Waals surface area contributed by atoms with Crippen molar-refractivity contribution in [3.63, 3.8) is 0 Å². The molecule has 3 aromatic rings. The summed E-state index contributed by atoms with van der Waals surface area (Å²) in [6.07, 6.45) is 0.229. The molecule has 3 atom stereocenters. The molecule has 0 fully saturated rings. The van der Waals surface area contributed by atoms with E-state index in [1.54, 1.807) is 24.3 Å². The van der Waals surface area contributed by atoms with E-state index in [0.717, 1.165) is 11.1 Å². The number of nitrogens with zero attached hydrogens (tertiary/aromatic N) is 1. The molecule has 0 saturated heterocycles. The fourth-order valence-corrected chi connectivity index (χ4v) is 3.21. The van der Waals surface area contributed by atoms with Crippen LogP contribution >= 0.6 is 0 Å². The number of benzene rings is 3. The highest BCUT2D eigenvalue weighted by Gasteiger charge is 2.32. The van der Waals surface area contributed by atoms with Crippen LogP contribution < -0.4 is 0 Å². The minimum atomic E-state index is -0.861. The molecule has 0 aliphatic heterocycles. The Balaban J connectivity index is 1.81. The number of esters is 1. The maximum absolute atomic E-state index is 12.7. The number of ether oxygens (including phenoxy) is 3. The van der Waals surface area contributed by atoms with Gasteiger partial charge in [0, 0.05) is 0 Å². The molecule has 0 heterocycles. The van der Waals surface area contributed by atoms with E-state index in [1.165, 1.54) is 12.3 Å². The zero-order valence-electron chi connectivity index (χ0n) is 18.2. The van der Waals surface area contributed by atoms with Crippen LogP contribution in [0.1, 0.15) is 21.5 Å². The van der Waals surface area contributed by atoms with E-state index in [9.17, 15) is 10.0 Å². The van der Waals surface area contributed by atoms with Crippen LogP contribution in [0.2, 0.25) is 0 Å². The lowest BCUT2D eigenvalue weighted by Crippen LogP contribution is -2.43. The van der Waals surface area contributed by atoms with Crippen LogP contribution in [0.15, 0.2) is 109 Å². The molecule has 3 aromatic carbocycles. The Hall–Kier alpha value is -3.74. The first-order valence-electron chi connectivity index (χ1n) is 10.6. The van der Waals surface area contributed by atoms with Crippen molar-refractivity contribution in [2.45, 2.75) is 31.5 Å². The minimum absolute atomic E-state index is 0.239. The molecule has 0 aromatic heterocycles. The summed E-state index contributed by atoms with van der Waals surface area (Å²) in [6, 6.07) is 27.8. The third kappa shape index (κ3) is 7.42. The molecule has 6 heteroatoms. The SMILES string of the molecule is C=C[C@@H](OC(=O)c1ccccc1)[C@H](OCc1ccccc1)[C@H](C=NO)OCc1ccccc1. The predicted octanol–water partition coefficient (Wildman–Crippen LogP) is 5.03. The molecule has 0 spiro atoms. The van der Waals surface area contributed by atoms with Gasteiger partial charge in [0.1, 0.15) is 18.3 Å². The smallest absolute Gasteiger partial charge is 0.338 e. The van der Waals surface area contributed by atoms with Gasteiger partial charge in [-0.3, -0.25) is 0 Å². The molecule has 0 bridgehead atoms. The van der Waals surface area contributed by atoms with E-state index in [4.69, 9.17) is 14.2 Å². The standard InChI is InChI=1S/C27H27NO5/c1-2-24(33-27(29)23-16-10-5-11-17-23)26(32-20-22-14-8-4-9-15-22)25(18-28-30)31-19-21-12-6-3-7-13-21/h2-18,24-26,30H,1,19-20H2/t24-,25+,26+/m1/s1. The molecule has 0 amide bonds. The van der Waals surface area contributed by atoms with Gasteiger partial charge >= 0.3 is 5.97 Å². The first-order valence-corrected chi connectivity index (χ1v) is 10.6. The van der Waals surface area contributed by atoms with E-state index < -0.39 is 24.3 Å². The van der Waals surface area contributed by atoms with Crippen LogP contribution in [0.5, 0.6) is 0 Å². The summed E-state index contributed by atoms with van der Waals surface area (Å²) in [5.74, 6) is -0.517. The van der Waals surface area contributed by atoms with E-state index in [0.29, 0.717) is 5.56 Å². The summed E-state index contributed by atoms with van der Waals surface area (Å²) in [6.45, 7) is 4.31. The third-order valence-electron chi connectivity index (χ3n) is 4.92. The van der Waals surface area contributed by atoms with Gasteiger partial charge in [-0.15, -0.1) is 0 Å². The summed E-state index contributed by atoms with van der Waals surface area (Å²) in [5.41, 5.74) is 2.28. The maximum Gasteiger partial charge on any atom is 0.338 e. The lowest BCUT2D eigenvalue weighted by Gasteiger charge is -2.30. The summed E-state index contributed by atoms with van der Waals surface area (Å²) >= 11 is 0. The van der Waals surface area contributed by atoms with Crippen molar-refractivity contribution >= 4 is 12.2 Å². The van der Waals surface area contributed by atoms with Gasteiger partial charge in [-0.25, -0.2) is 4.79 Å². The lowest BCUT2D eigenvalue weighted by molar-refractivity contribution is -0.0998. The van der Waals surface area contributed by atoms with Gasteiger partial charge in [0.05, 0.1) is 25.0 Å². The van der Waals surface area contributed by atoms with Crippen LogP contribution in [0.25, 0.3) is 0 Å². The fraction of sp³-hybridized carbons (Fsp3) is 0.185. The predicted molar refractivity (Wildman–Crippen MR) is 126 cm³/mol. The molecular formula is C27H27NO5. The van der Waals surface area contributed by atoms with Crippen LogP contribution in [0.3, 0.4) is 0 Å². The Morgan fingerprint density at radius 1 is 0.818 bits per heavy atom. The zero-order valence-corrected chi connectivity index (χ0v) is 18.2. The Morgan fingerprint density at radius 3 is 1.85 bits per heavy atom. The summed E-state index contributed by atoms with van der Waals surface area (Å²) in [7, 11) is 0. The molecule has 1 N–H and O–H groups in total. The van der Waals surface area contributed by atoms with Gasteiger partial charge in [0.15, 0.2) is 0 Å². The normalized spacial score (nSPS) is 13.8. The van der Waals surface area contributed by atoms with Crippen molar-refractivity contribution in [2.24, 2.45) is 5.16 Å². The van der Waals surface area contributed by atoms with E-state index in [1.807, 2.05) is 66.7 Å². The fourth-order valence-electron chi connectivity index (χ4n) is 3.21. The summed E-state index contributed by atoms with van der Waals surface area (Å²) in [4.78, 5) is 12.7. The second-order valence-corrected chi connectivity index (χ2v) is 7.26. The molecule has 0 unspecified atom stereocenters. The molecular weight excluding hydrogens is 418 g/mol. The lowest BCUT2D eigenvalue weighted by atomic mass is 10.1. The molecule has 0 radical (unpaired) electrons. The van der Waals surface area contributed by atoms with E-state index >= 15 is 0 Å². The molecule has 6 nitrogen and oxygen atoms in total. The van der Waals surface area contributed by atoms with Crippen molar-refractivity contribution < 1.29 is 24.2 Å². The number of hydrogen-bond donors (Lipinski definition) is 1. The van der Waals surface area contributed by atoms with Crippen molar-refractivity contribution in [2.75, 3.05) is 0 Å². The Labute approximate surface area is 193 Å². The van der Waals surface area contributed by atoms with Gasteiger partial charge in [-0.2, -0.15) is 0 Å². The first-order chi connectivity index (χ1) is 16.2. The molecule has 0 aliphatic carbocycles. The number of oxime groups is 1. The third-order valence-corrected chi connectivity index (χ3v) is 4.92. The quantitative estimate of drug-likeness (QED) is 0.139. The van der Waals surface area contributed by atoms with Gasteiger partial charge in [0.25, 0.3) is 0 Å². The van der Waals surface area contributed by atoms with Crippen LogP contribution in [0.4, 0.5) is 0 Å². The average molecular weight is 446 g/mol. The second kappa shape index (κ2) is 13.0.